The van der Waals surface area contributed by atoms with Crippen molar-refractivity contribution in [2.24, 2.45) is 0 Å². The Hall–Kier alpha value is -3.33. The molecule has 4 aromatic rings. The Morgan fingerprint density at radius 2 is 1.94 bits per heavy atom. The summed E-state index contributed by atoms with van der Waals surface area (Å²) >= 11 is 2.61. The standard InChI is InChI=1S/C23H22N6O3S2/c1-32-13-6-12-28-21(31)16-7-2-4-9-18(16)29-22(28)26-27-23(29)34-15-20(30)25-17-8-3-5-10-19(17)33-14-11-24/h2-5,7-10H,6,12-15H2,1H3,(H,25,30). The predicted octanol–water partition coefficient (Wildman–Crippen LogP) is 3.43. The van der Waals surface area contributed by atoms with Crippen molar-refractivity contribution < 1.29 is 9.53 Å². The van der Waals surface area contributed by atoms with Crippen LogP contribution in [0, 0.1) is 11.3 Å². The molecule has 0 atom stereocenters. The highest BCUT2D eigenvalue weighted by atomic mass is 32.2. The molecule has 2 aromatic carbocycles. The number of methoxy groups -OCH3 is 1. The number of carbonyl (C=O) groups excluding carboxylic acids is 1. The number of thioether (sulfide) groups is 2. The van der Waals surface area contributed by atoms with Crippen LogP contribution in [0.15, 0.2) is 63.4 Å². The zero-order valence-corrected chi connectivity index (χ0v) is 20.1. The van der Waals surface area contributed by atoms with Gasteiger partial charge in [-0.1, -0.05) is 36.0 Å². The lowest BCUT2D eigenvalue weighted by Gasteiger charge is -2.11. The molecule has 0 fully saturated rings. The first-order valence-corrected chi connectivity index (χ1v) is 12.5. The SMILES string of the molecule is COCCCn1c(=O)c2ccccc2n2c(SCC(=O)Nc3ccccc3SCC#N)nnc12. The number of hydrogen-bond acceptors (Lipinski definition) is 8. The summed E-state index contributed by atoms with van der Waals surface area (Å²) in [5.41, 5.74) is 1.22. The Morgan fingerprint density at radius 1 is 1.15 bits per heavy atom. The van der Waals surface area contributed by atoms with Gasteiger partial charge in [0.25, 0.3) is 5.56 Å². The maximum atomic E-state index is 13.1. The molecule has 11 heteroatoms. The summed E-state index contributed by atoms with van der Waals surface area (Å²) in [6, 6.07) is 16.8. The molecule has 34 heavy (non-hydrogen) atoms. The second-order valence-electron chi connectivity index (χ2n) is 7.22. The minimum Gasteiger partial charge on any atom is -0.385 e. The molecule has 174 valence electrons. The second-order valence-corrected chi connectivity index (χ2v) is 9.18. The molecule has 0 aliphatic heterocycles. The zero-order chi connectivity index (χ0) is 23.9. The Kier molecular flexibility index (Phi) is 7.84. The number of ether oxygens (including phenoxy) is 1. The molecule has 0 saturated carbocycles. The number of fused-ring (bicyclic) bond motifs is 3. The highest BCUT2D eigenvalue weighted by Gasteiger charge is 2.18. The van der Waals surface area contributed by atoms with Crippen LogP contribution in [0.3, 0.4) is 0 Å². The largest absolute Gasteiger partial charge is 0.385 e. The van der Waals surface area contributed by atoms with E-state index in [0.29, 0.717) is 52.8 Å². The monoisotopic (exact) mass is 494 g/mol. The van der Waals surface area contributed by atoms with Crippen LogP contribution in [0.1, 0.15) is 6.42 Å². The summed E-state index contributed by atoms with van der Waals surface area (Å²) in [6.07, 6.45) is 0.658. The van der Waals surface area contributed by atoms with Gasteiger partial charge >= 0.3 is 0 Å². The first-order chi connectivity index (χ1) is 16.6. The molecule has 2 aromatic heterocycles. The number of anilines is 1. The van der Waals surface area contributed by atoms with Gasteiger partial charge in [-0.05, 0) is 30.7 Å². The number of rotatable bonds is 10. The average Bonchev–Trinajstić information content (AvgIpc) is 3.28. The topological polar surface area (TPSA) is 114 Å². The second kappa shape index (κ2) is 11.2. The summed E-state index contributed by atoms with van der Waals surface area (Å²) in [7, 11) is 1.62. The number of aromatic nitrogens is 4. The summed E-state index contributed by atoms with van der Waals surface area (Å²) in [6.45, 7) is 0.969. The molecule has 1 amide bonds. The fourth-order valence-electron chi connectivity index (χ4n) is 3.52. The normalized spacial score (nSPS) is 11.1. The summed E-state index contributed by atoms with van der Waals surface area (Å²) in [5, 5.41) is 21.4. The highest BCUT2D eigenvalue weighted by Crippen LogP contribution is 2.27. The van der Waals surface area contributed by atoms with Crippen molar-refractivity contribution in [3.63, 3.8) is 0 Å². The third-order valence-corrected chi connectivity index (χ3v) is 6.86. The van der Waals surface area contributed by atoms with Crippen molar-refractivity contribution in [3.05, 3.63) is 58.9 Å². The molecule has 0 spiro atoms. The van der Waals surface area contributed by atoms with Crippen molar-refractivity contribution in [2.75, 3.05) is 30.5 Å². The van der Waals surface area contributed by atoms with Gasteiger partial charge in [0.1, 0.15) is 0 Å². The molecule has 4 rings (SSSR count). The number of para-hydroxylation sites is 2. The van der Waals surface area contributed by atoms with E-state index in [9.17, 15) is 9.59 Å². The fourth-order valence-corrected chi connectivity index (χ4v) is 4.93. The van der Waals surface area contributed by atoms with Crippen molar-refractivity contribution in [1.82, 2.24) is 19.2 Å². The minimum atomic E-state index is -0.204. The molecular weight excluding hydrogens is 472 g/mol. The molecule has 0 aliphatic carbocycles. The lowest BCUT2D eigenvalue weighted by atomic mass is 10.2. The van der Waals surface area contributed by atoms with Gasteiger partial charge in [0.2, 0.25) is 11.7 Å². The van der Waals surface area contributed by atoms with E-state index >= 15 is 0 Å². The zero-order valence-electron chi connectivity index (χ0n) is 18.4. The molecule has 1 N–H and O–H groups in total. The fraction of sp³-hybridized carbons (Fsp3) is 0.261. The van der Waals surface area contributed by atoms with Gasteiger partial charge in [-0.25, -0.2) is 0 Å². The van der Waals surface area contributed by atoms with Gasteiger partial charge in [0.15, 0.2) is 5.16 Å². The van der Waals surface area contributed by atoms with Crippen LogP contribution in [0.25, 0.3) is 16.7 Å². The van der Waals surface area contributed by atoms with E-state index in [1.807, 2.05) is 40.8 Å². The first kappa shape index (κ1) is 23.8. The van der Waals surface area contributed by atoms with Crippen LogP contribution in [0.5, 0.6) is 0 Å². The molecule has 0 saturated heterocycles. The molecule has 0 unspecified atom stereocenters. The van der Waals surface area contributed by atoms with Gasteiger partial charge in [-0.3, -0.25) is 18.6 Å². The Bertz CT molecular complexity index is 1430. The Morgan fingerprint density at radius 3 is 2.76 bits per heavy atom. The Labute approximate surface area is 204 Å². The number of nitrogens with zero attached hydrogens (tertiary/aromatic N) is 5. The number of amides is 1. The molecule has 2 heterocycles. The average molecular weight is 495 g/mol. The van der Waals surface area contributed by atoms with E-state index in [1.54, 1.807) is 23.8 Å². The summed E-state index contributed by atoms with van der Waals surface area (Å²) in [5.74, 6) is 0.632. The number of carbonyl (C=O) groups is 1. The van der Waals surface area contributed by atoms with E-state index in [-0.39, 0.29) is 17.2 Å². The van der Waals surface area contributed by atoms with Crippen LogP contribution in [0.2, 0.25) is 0 Å². The summed E-state index contributed by atoms with van der Waals surface area (Å²) < 4.78 is 8.54. The van der Waals surface area contributed by atoms with Crippen LogP contribution in [-0.4, -0.2) is 50.3 Å². The van der Waals surface area contributed by atoms with Gasteiger partial charge in [-0.15, -0.1) is 22.0 Å². The van der Waals surface area contributed by atoms with Crippen LogP contribution in [-0.2, 0) is 16.1 Å². The minimum absolute atomic E-state index is 0.106. The van der Waals surface area contributed by atoms with E-state index in [1.165, 1.54) is 23.5 Å². The quantitative estimate of drug-likeness (QED) is 0.263. The number of aryl methyl sites for hydroxylation is 1. The maximum Gasteiger partial charge on any atom is 0.262 e. The smallest absolute Gasteiger partial charge is 0.262 e. The van der Waals surface area contributed by atoms with E-state index < -0.39 is 0 Å². The number of hydrogen-bond donors (Lipinski definition) is 1. The molecule has 0 radical (unpaired) electrons. The number of nitriles is 1. The third kappa shape index (κ3) is 5.09. The molecule has 0 aliphatic rings. The predicted molar refractivity (Wildman–Crippen MR) is 133 cm³/mol. The molecular formula is C23H22N6O3S2. The van der Waals surface area contributed by atoms with Gasteiger partial charge < -0.3 is 10.1 Å². The molecule has 9 nitrogen and oxygen atoms in total. The van der Waals surface area contributed by atoms with Gasteiger partial charge in [0.05, 0.1) is 34.2 Å². The lowest BCUT2D eigenvalue weighted by Crippen LogP contribution is -2.24. The summed E-state index contributed by atoms with van der Waals surface area (Å²) in [4.78, 5) is 26.6. The molecule has 0 bridgehead atoms. The van der Waals surface area contributed by atoms with Crippen LogP contribution in [0.4, 0.5) is 5.69 Å². The van der Waals surface area contributed by atoms with Crippen molar-refractivity contribution in [2.45, 2.75) is 23.0 Å². The van der Waals surface area contributed by atoms with E-state index in [4.69, 9.17) is 10.00 Å². The van der Waals surface area contributed by atoms with Crippen molar-refractivity contribution >= 4 is 51.8 Å². The highest BCUT2D eigenvalue weighted by molar-refractivity contribution is 8.00. The third-order valence-electron chi connectivity index (χ3n) is 4.99. The van der Waals surface area contributed by atoms with Crippen molar-refractivity contribution in [1.29, 1.82) is 5.26 Å². The maximum absolute atomic E-state index is 13.1. The lowest BCUT2D eigenvalue weighted by molar-refractivity contribution is -0.113. The van der Waals surface area contributed by atoms with Gasteiger partial charge in [0, 0.05) is 25.2 Å². The van der Waals surface area contributed by atoms with E-state index in [0.717, 1.165) is 4.90 Å². The van der Waals surface area contributed by atoms with Crippen LogP contribution < -0.4 is 10.9 Å². The van der Waals surface area contributed by atoms with Gasteiger partial charge in [-0.2, -0.15) is 5.26 Å². The number of benzene rings is 2. The van der Waals surface area contributed by atoms with Crippen LogP contribution >= 0.6 is 23.5 Å². The van der Waals surface area contributed by atoms with E-state index in [2.05, 4.69) is 21.6 Å². The first-order valence-electron chi connectivity index (χ1n) is 10.5. The Balaban J connectivity index is 1.59. The number of nitrogens with one attached hydrogen (secondary N) is 1. The van der Waals surface area contributed by atoms with Crippen molar-refractivity contribution in [3.8, 4) is 6.07 Å².